The van der Waals surface area contributed by atoms with Gasteiger partial charge in [-0.3, -0.25) is 0 Å². The molecule has 142 valence electrons. The van der Waals surface area contributed by atoms with Crippen LogP contribution >= 0.6 is 23.8 Å². The van der Waals surface area contributed by atoms with Gasteiger partial charge in [0.1, 0.15) is 5.60 Å². The molecule has 0 amide bonds. The van der Waals surface area contributed by atoms with Gasteiger partial charge < -0.3 is 4.74 Å². The minimum Gasteiger partial charge on any atom is -0.456 e. The zero-order valence-electron chi connectivity index (χ0n) is 14.6. The Morgan fingerprint density at radius 2 is 1.74 bits per heavy atom. The molecule has 0 saturated carbocycles. The highest BCUT2D eigenvalue weighted by atomic mass is 35.5. The van der Waals surface area contributed by atoms with Crippen molar-refractivity contribution in [3.8, 4) is 11.1 Å². The summed E-state index contributed by atoms with van der Waals surface area (Å²) in [5.41, 5.74) is -1.46. The molecule has 8 heteroatoms. The van der Waals surface area contributed by atoms with E-state index in [-0.39, 0.29) is 27.4 Å². The molecule has 2 rings (SSSR count). The van der Waals surface area contributed by atoms with Crippen LogP contribution in [0.2, 0.25) is 5.02 Å². The number of hydrogen-bond acceptors (Lipinski definition) is 4. The Kier molecular flexibility index (Phi) is 6.10. The van der Waals surface area contributed by atoms with Crippen LogP contribution in [0.15, 0.2) is 41.4 Å². The number of hydrogen-bond donors (Lipinski definition) is 0. The lowest BCUT2D eigenvalue weighted by Crippen LogP contribution is -2.23. The fourth-order valence-electron chi connectivity index (χ4n) is 2.34. The lowest BCUT2D eigenvalue weighted by molar-refractivity contribution is -0.137. The summed E-state index contributed by atoms with van der Waals surface area (Å²) in [6.07, 6.45) is -4.66. The summed E-state index contributed by atoms with van der Waals surface area (Å²) in [7, 11) is 0. The van der Waals surface area contributed by atoms with E-state index in [1.807, 2.05) is 5.16 Å². The van der Waals surface area contributed by atoms with E-state index < -0.39 is 23.3 Å². The highest BCUT2D eigenvalue weighted by molar-refractivity contribution is 7.78. The monoisotopic (exact) mass is 413 g/mol. The van der Waals surface area contributed by atoms with Gasteiger partial charge in [-0.25, -0.2) is 4.79 Å². The molecule has 2 aromatic rings. The summed E-state index contributed by atoms with van der Waals surface area (Å²) >= 11 is 10.5. The molecule has 0 unspecified atom stereocenters. The summed E-state index contributed by atoms with van der Waals surface area (Å²) < 4.78 is 45.8. The minimum absolute atomic E-state index is 0.0450. The first-order valence-electron chi connectivity index (χ1n) is 7.75. The van der Waals surface area contributed by atoms with E-state index in [0.29, 0.717) is 0 Å². The number of ether oxygens (including phenoxy) is 1. The molecular weight excluding hydrogens is 399 g/mol. The number of nitrogens with zero attached hydrogens (tertiary/aromatic N) is 1. The number of rotatable bonds is 3. The van der Waals surface area contributed by atoms with Crippen molar-refractivity contribution in [1.82, 2.24) is 0 Å². The Morgan fingerprint density at radius 1 is 1.15 bits per heavy atom. The summed E-state index contributed by atoms with van der Waals surface area (Å²) in [5.74, 6) is -0.568. The maximum atomic E-state index is 13.5. The first kappa shape index (κ1) is 21.1. The van der Waals surface area contributed by atoms with Gasteiger partial charge in [-0.2, -0.15) is 18.2 Å². The molecule has 3 nitrogen and oxygen atoms in total. The van der Waals surface area contributed by atoms with E-state index in [1.54, 1.807) is 20.8 Å². The van der Waals surface area contributed by atoms with Gasteiger partial charge in [-0.05, 0) is 62.8 Å². The van der Waals surface area contributed by atoms with Crippen LogP contribution in [0.5, 0.6) is 0 Å². The Morgan fingerprint density at radius 3 is 2.22 bits per heavy atom. The molecule has 27 heavy (non-hydrogen) atoms. The average Bonchev–Trinajstić information content (AvgIpc) is 2.52. The zero-order chi connectivity index (χ0) is 20.4. The van der Waals surface area contributed by atoms with Crippen molar-refractivity contribution in [2.24, 2.45) is 4.99 Å². The third kappa shape index (κ3) is 5.39. The number of alkyl halides is 3. The number of isothiocyanates is 1. The topological polar surface area (TPSA) is 38.7 Å². The highest BCUT2D eigenvalue weighted by Crippen LogP contribution is 2.43. The number of carbonyl (C=O) groups is 1. The average molecular weight is 414 g/mol. The number of thiocarbonyl (C=S) groups is 1. The number of halogens is 4. The number of carbonyl (C=O) groups excluding carboxylic acids is 1. The Balaban J connectivity index is 2.52. The van der Waals surface area contributed by atoms with Crippen LogP contribution in [0.3, 0.4) is 0 Å². The van der Waals surface area contributed by atoms with Crippen molar-refractivity contribution in [2.75, 3.05) is 0 Å². The summed E-state index contributed by atoms with van der Waals surface area (Å²) in [4.78, 5) is 15.6. The van der Waals surface area contributed by atoms with E-state index in [0.717, 1.165) is 6.07 Å². The fraction of sp³-hybridized carbons (Fsp3) is 0.263. The van der Waals surface area contributed by atoms with Gasteiger partial charge in [-0.15, -0.1) is 0 Å². The molecule has 0 fully saturated rings. The van der Waals surface area contributed by atoms with E-state index >= 15 is 0 Å². The van der Waals surface area contributed by atoms with Crippen molar-refractivity contribution >= 4 is 40.6 Å². The quantitative estimate of drug-likeness (QED) is 0.318. The van der Waals surface area contributed by atoms with E-state index in [4.69, 9.17) is 16.3 Å². The second-order valence-corrected chi connectivity index (χ2v) is 7.22. The van der Waals surface area contributed by atoms with Gasteiger partial charge in [-0.1, -0.05) is 23.7 Å². The molecule has 2 aromatic carbocycles. The molecule has 0 atom stereocenters. The summed E-state index contributed by atoms with van der Waals surface area (Å²) in [5, 5.41) is 1.88. The van der Waals surface area contributed by atoms with Crippen molar-refractivity contribution in [3.05, 3.63) is 52.5 Å². The van der Waals surface area contributed by atoms with Gasteiger partial charge in [0.2, 0.25) is 0 Å². The van der Waals surface area contributed by atoms with Crippen molar-refractivity contribution in [1.29, 1.82) is 0 Å². The van der Waals surface area contributed by atoms with Crippen LogP contribution in [-0.4, -0.2) is 16.7 Å². The van der Waals surface area contributed by atoms with E-state index in [9.17, 15) is 18.0 Å². The third-order valence-corrected chi connectivity index (χ3v) is 3.75. The number of benzene rings is 2. The van der Waals surface area contributed by atoms with Crippen LogP contribution in [0, 0.1) is 0 Å². The standard InChI is InChI=1S/C19H15ClF3NO2S/c1-18(2,3)26-17(25)12-6-4-11(5-7-12)16-14(19(21,22)23)8-13(24-10-27)9-15(16)20/h4-9H,1-3H3. The molecule has 0 aliphatic carbocycles. The summed E-state index contributed by atoms with van der Waals surface area (Å²) in [6, 6.07) is 7.68. The van der Waals surface area contributed by atoms with Gasteiger partial charge >= 0.3 is 12.1 Å². The van der Waals surface area contributed by atoms with Crippen LogP contribution in [-0.2, 0) is 10.9 Å². The zero-order valence-corrected chi connectivity index (χ0v) is 16.2. The molecule has 0 heterocycles. The maximum absolute atomic E-state index is 13.5. The van der Waals surface area contributed by atoms with Crippen molar-refractivity contribution in [3.63, 3.8) is 0 Å². The van der Waals surface area contributed by atoms with Gasteiger partial charge in [0.15, 0.2) is 0 Å². The first-order valence-corrected chi connectivity index (χ1v) is 8.53. The largest absolute Gasteiger partial charge is 0.456 e. The lowest BCUT2D eigenvalue weighted by atomic mass is 9.97. The second-order valence-electron chi connectivity index (χ2n) is 6.63. The van der Waals surface area contributed by atoms with Gasteiger partial charge in [0, 0.05) is 5.56 Å². The fourth-order valence-corrected chi connectivity index (χ4v) is 2.76. The van der Waals surface area contributed by atoms with Gasteiger partial charge in [0.05, 0.1) is 27.0 Å². The molecule has 0 N–H and O–H groups in total. The van der Waals surface area contributed by atoms with Crippen LogP contribution < -0.4 is 0 Å². The Hall–Kier alpha value is -2.21. The van der Waals surface area contributed by atoms with E-state index in [2.05, 4.69) is 17.2 Å². The molecule has 0 aliphatic heterocycles. The van der Waals surface area contributed by atoms with Crippen LogP contribution in [0.1, 0.15) is 36.7 Å². The Bertz CT molecular complexity index is 912. The molecule has 0 aliphatic rings. The highest BCUT2D eigenvalue weighted by Gasteiger charge is 2.35. The molecule has 0 saturated heterocycles. The van der Waals surface area contributed by atoms with Crippen LogP contribution in [0.4, 0.5) is 18.9 Å². The SMILES string of the molecule is CC(C)(C)OC(=O)c1ccc(-c2c(Cl)cc(N=C=S)cc2C(F)(F)F)cc1. The predicted octanol–water partition coefficient (Wildman–Crippen LogP) is 6.72. The normalized spacial score (nSPS) is 11.7. The van der Waals surface area contributed by atoms with Crippen molar-refractivity contribution < 1.29 is 22.7 Å². The molecule has 0 spiro atoms. The lowest BCUT2D eigenvalue weighted by Gasteiger charge is -2.19. The smallest absolute Gasteiger partial charge is 0.417 e. The maximum Gasteiger partial charge on any atom is 0.417 e. The molecule has 0 bridgehead atoms. The third-order valence-electron chi connectivity index (χ3n) is 3.36. The van der Waals surface area contributed by atoms with E-state index in [1.165, 1.54) is 30.3 Å². The number of aliphatic imine (C=N–C) groups is 1. The first-order chi connectivity index (χ1) is 12.4. The molecular formula is C19H15ClF3NO2S. The summed E-state index contributed by atoms with van der Waals surface area (Å²) in [6.45, 7) is 5.16. The number of esters is 1. The van der Waals surface area contributed by atoms with Crippen molar-refractivity contribution in [2.45, 2.75) is 32.5 Å². The minimum atomic E-state index is -4.66. The Labute approximate surface area is 164 Å². The molecule has 0 radical (unpaired) electrons. The second kappa shape index (κ2) is 7.80. The van der Waals surface area contributed by atoms with Gasteiger partial charge in [0.25, 0.3) is 0 Å². The van der Waals surface area contributed by atoms with Crippen LogP contribution in [0.25, 0.3) is 11.1 Å². The molecule has 0 aromatic heterocycles. The predicted molar refractivity (Wildman–Crippen MR) is 102 cm³/mol.